The third-order valence-corrected chi connectivity index (χ3v) is 5.13. The molecule has 8 heteroatoms. The van der Waals surface area contributed by atoms with Crippen molar-refractivity contribution in [3.05, 3.63) is 46.9 Å². The summed E-state index contributed by atoms with van der Waals surface area (Å²) in [5, 5.41) is 3.79. The number of fused-ring (bicyclic) bond motifs is 2. The molecule has 1 N–H and O–H groups in total. The molecule has 1 aromatic heterocycles. The molecule has 146 valence electrons. The molecular weight excluding hydrogens is 427 g/mol. The van der Waals surface area contributed by atoms with Crippen LogP contribution in [0.15, 0.2) is 41.1 Å². The molecule has 0 amide bonds. The van der Waals surface area contributed by atoms with Gasteiger partial charge in [0.15, 0.2) is 17.3 Å². The minimum atomic E-state index is -0.379. The number of ether oxygens (including phenoxy) is 2. The van der Waals surface area contributed by atoms with Gasteiger partial charge >= 0.3 is 0 Å². The molecule has 0 saturated heterocycles. The summed E-state index contributed by atoms with van der Waals surface area (Å²) in [5.74, 6) is 1.43. The lowest BCUT2D eigenvalue weighted by molar-refractivity contribution is 0.0796. The van der Waals surface area contributed by atoms with E-state index in [0.717, 1.165) is 18.4 Å². The summed E-state index contributed by atoms with van der Waals surface area (Å²) in [6, 6.07) is 8.74. The third-order valence-electron chi connectivity index (χ3n) is 4.52. The fourth-order valence-corrected chi connectivity index (χ4v) is 3.40. The Morgan fingerprint density at radius 2 is 2.11 bits per heavy atom. The first-order chi connectivity index (χ1) is 13.5. The molecule has 1 aliphatic heterocycles. The van der Waals surface area contributed by atoms with Crippen molar-refractivity contribution in [3.8, 4) is 11.5 Å². The third kappa shape index (κ3) is 3.88. The van der Waals surface area contributed by atoms with Gasteiger partial charge in [-0.25, -0.2) is 14.4 Å². The Morgan fingerprint density at radius 1 is 1.25 bits per heavy atom. The topological polar surface area (TPSA) is 59.5 Å². The predicted octanol–water partition coefficient (Wildman–Crippen LogP) is 4.37. The van der Waals surface area contributed by atoms with Gasteiger partial charge < -0.3 is 19.7 Å². The maximum Gasteiger partial charge on any atom is 0.163 e. The first kappa shape index (κ1) is 18.9. The Hall–Kier alpha value is -2.45. The zero-order valence-corrected chi connectivity index (χ0v) is 17.2. The van der Waals surface area contributed by atoms with Crippen LogP contribution >= 0.6 is 15.9 Å². The molecule has 2 heterocycles. The highest BCUT2D eigenvalue weighted by Crippen LogP contribution is 2.38. The molecule has 1 unspecified atom stereocenters. The van der Waals surface area contributed by atoms with E-state index in [9.17, 15) is 4.39 Å². The lowest BCUT2D eigenvalue weighted by Crippen LogP contribution is -2.32. The Bertz CT molecular complexity index is 1010. The van der Waals surface area contributed by atoms with E-state index in [1.165, 1.54) is 6.33 Å². The first-order valence-electron chi connectivity index (χ1n) is 8.95. The standard InChI is InChI=1S/C20H20BrFN4O2/c1-26(2)7-6-12-10-27-17-9-16-13(8-18(17)28-12)20(24-11-23-16)25-15-5-3-4-14(21)19(15)22/h3-5,8-9,11-12H,6-7,10H2,1-2H3,(H,23,24,25). The molecule has 0 radical (unpaired) electrons. The number of benzene rings is 2. The summed E-state index contributed by atoms with van der Waals surface area (Å²) in [7, 11) is 4.06. The summed E-state index contributed by atoms with van der Waals surface area (Å²) < 4.78 is 26.7. The molecule has 28 heavy (non-hydrogen) atoms. The number of hydrogen-bond donors (Lipinski definition) is 1. The van der Waals surface area contributed by atoms with Gasteiger partial charge in [0.05, 0.1) is 15.7 Å². The van der Waals surface area contributed by atoms with Crippen molar-refractivity contribution in [2.75, 3.05) is 32.6 Å². The minimum absolute atomic E-state index is 0.0177. The number of halogens is 2. The average Bonchev–Trinajstić information content (AvgIpc) is 2.68. The van der Waals surface area contributed by atoms with E-state index < -0.39 is 0 Å². The molecule has 0 spiro atoms. The van der Waals surface area contributed by atoms with Gasteiger partial charge in [-0.05, 0) is 48.2 Å². The van der Waals surface area contributed by atoms with Crippen LogP contribution in [0.25, 0.3) is 10.9 Å². The quantitative estimate of drug-likeness (QED) is 0.627. The maximum atomic E-state index is 14.4. The first-order valence-corrected chi connectivity index (χ1v) is 9.74. The Kier molecular flexibility index (Phi) is 5.32. The van der Waals surface area contributed by atoms with E-state index in [-0.39, 0.29) is 11.9 Å². The van der Waals surface area contributed by atoms with Crippen LogP contribution in [0.5, 0.6) is 11.5 Å². The van der Waals surface area contributed by atoms with Gasteiger partial charge in [0.1, 0.15) is 24.9 Å². The van der Waals surface area contributed by atoms with Crippen LogP contribution in [-0.4, -0.2) is 48.2 Å². The number of rotatable bonds is 5. The predicted molar refractivity (Wildman–Crippen MR) is 110 cm³/mol. The van der Waals surface area contributed by atoms with Crippen molar-refractivity contribution in [3.63, 3.8) is 0 Å². The van der Waals surface area contributed by atoms with Gasteiger partial charge in [0.25, 0.3) is 0 Å². The van der Waals surface area contributed by atoms with Crippen LogP contribution in [0.4, 0.5) is 15.9 Å². The lowest BCUT2D eigenvalue weighted by atomic mass is 10.1. The second kappa shape index (κ2) is 7.89. The highest BCUT2D eigenvalue weighted by atomic mass is 79.9. The van der Waals surface area contributed by atoms with E-state index in [4.69, 9.17) is 9.47 Å². The fourth-order valence-electron chi connectivity index (χ4n) is 3.04. The van der Waals surface area contributed by atoms with Gasteiger partial charge in [-0.3, -0.25) is 0 Å². The zero-order chi connectivity index (χ0) is 19.7. The molecule has 2 aromatic carbocycles. The van der Waals surface area contributed by atoms with E-state index in [1.54, 1.807) is 18.2 Å². The Morgan fingerprint density at radius 3 is 2.93 bits per heavy atom. The van der Waals surface area contributed by atoms with Crippen molar-refractivity contribution in [2.45, 2.75) is 12.5 Å². The van der Waals surface area contributed by atoms with Crippen molar-refractivity contribution in [1.82, 2.24) is 14.9 Å². The number of nitrogens with zero attached hydrogens (tertiary/aromatic N) is 3. The number of hydrogen-bond acceptors (Lipinski definition) is 6. The summed E-state index contributed by atoms with van der Waals surface area (Å²) in [6.07, 6.45) is 2.29. The normalized spacial score (nSPS) is 15.8. The number of aromatic nitrogens is 2. The van der Waals surface area contributed by atoms with Gasteiger partial charge in [0, 0.05) is 24.4 Å². The summed E-state index contributed by atoms with van der Waals surface area (Å²) in [4.78, 5) is 10.7. The second-order valence-electron chi connectivity index (χ2n) is 6.91. The van der Waals surface area contributed by atoms with E-state index in [0.29, 0.717) is 39.6 Å². The Labute approximate surface area is 170 Å². The maximum absolute atomic E-state index is 14.4. The smallest absolute Gasteiger partial charge is 0.163 e. The van der Waals surface area contributed by atoms with Crippen LogP contribution in [-0.2, 0) is 0 Å². The van der Waals surface area contributed by atoms with Gasteiger partial charge in [0.2, 0.25) is 0 Å². The molecule has 6 nitrogen and oxygen atoms in total. The zero-order valence-electron chi connectivity index (χ0n) is 15.6. The molecule has 1 atom stereocenters. The van der Waals surface area contributed by atoms with Crippen LogP contribution in [0.1, 0.15) is 6.42 Å². The van der Waals surface area contributed by atoms with E-state index in [1.807, 2.05) is 26.2 Å². The molecule has 1 aliphatic rings. The fraction of sp³-hybridized carbons (Fsp3) is 0.300. The van der Waals surface area contributed by atoms with Gasteiger partial charge in [-0.15, -0.1) is 0 Å². The van der Waals surface area contributed by atoms with Crippen molar-refractivity contribution >= 4 is 38.3 Å². The van der Waals surface area contributed by atoms with Crippen molar-refractivity contribution in [1.29, 1.82) is 0 Å². The minimum Gasteiger partial charge on any atom is -0.486 e. The second-order valence-corrected chi connectivity index (χ2v) is 7.76. The molecule has 0 bridgehead atoms. The Balaban J connectivity index is 1.66. The molecule has 4 rings (SSSR count). The highest BCUT2D eigenvalue weighted by molar-refractivity contribution is 9.10. The highest BCUT2D eigenvalue weighted by Gasteiger charge is 2.23. The molecule has 0 saturated carbocycles. The SMILES string of the molecule is CN(C)CCC1COc2cc3ncnc(Nc4cccc(Br)c4F)c3cc2O1. The van der Waals surface area contributed by atoms with E-state index in [2.05, 4.69) is 36.1 Å². The lowest BCUT2D eigenvalue weighted by Gasteiger charge is -2.27. The van der Waals surface area contributed by atoms with Crippen LogP contribution in [0, 0.1) is 5.82 Å². The van der Waals surface area contributed by atoms with Crippen LogP contribution in [0.3, 0.4) is 0 Å². The average molecular weight is 447 g/mol. The van der Waals surface area contributed by atoms with Crippen LogP contribution in [0.2, 0.25) is 0 Å². The van der Waals surface area contributed by atoms with Gasteiger partial charge in [-0.2, -0.15) is 0 Å². The van der Waals surface area contributed by atoms with Crippen molar-refractivity contribution in [2.24, 2.45) is 0 Å². The number of nitrogens with one attached hydrogen (secondary N) is 1. The largest absolute Gasteiger partial charge is 0.486 e. The van der Waals surface area contributed by atoms with Gasteiger partial charge in [-0.1, -0.05) is 6.07 Å². The summed E-state index contributed by atoms with van der Waals surface area (Å²) in [5.41, 5.74) is 1.02. The van der Waals surface area contributed by atoms with E-state index >= 15 is 0 Å². The monoisotopic (exact) mass is 446 g/mol. The summed E-state index contributed by atoms with van der Waals surface area (Å²) >= 11 is 3.20. The molecule has 0 fully saturated rings. The van der Waals surface area contributed by atoms with Crippen molar-refractivity contribution < 1.29 is 13.9 Å². The number of anilines is 2. The molecule has 0 aliphatic carbocycles. The molecular formula is C20H20BrFN4O2. The summed E-state index contributed by atoms with van der Waals surface area (Å²) in [6.45, 7) is 1.42. The van der Waals surface area contributed by atoms with Crippen LogP contribution < -0.4 is 14.8 Å². The molecule has 3 aromatic rings.